The summed E-state index contributed by atoms with van der Waals surface area (Å²) < 4.78 is 0. The predicted octanol–water partition coefficient (Wildman–Crippen LogP) is 4.15. The van der Waals surface area contributed by atoms with Crippen LogP contribution in [0.2, 0.25) is 0 Å². The van der Waals surface area contributed by atoms with Crippen molar-refractivity contribution in [2.45, 2.75) is 12.8 Å². The van der Waals surface area contributed by atoms with Crippen molar-refractivity contribution in [1.29, 1.82) is 0 Å². The number of hydrogen-bond acceptors (Lipinski definition) is 2. The van der Waals surface area contributed by atoms with Gasteiger partial charge in [-0.3, -0.25) is 4.79 Å². The van der Waals surface area contributed by atoms with E-state index in [-0.39, 0.29) is 5.56 Å². The van der Waals surface area contributed by atoms with Gasteiger partial charge in [0.1, 0.15) is 5.69 Å². The number of hydrogen-bond donors (Lipinski definition) is 1. The summed E-state index contributed by atoms with van der Waals surface area (Å²) in [6.45, 7) is 1.71. The Balaban J connectivity index is 2.21. The first kappa shape index (κ1) is 14.5. The molecule has 3 aromatic rings. The molecule has 3 rings (SSSR count). The van der Waals surface area contributed by atoms with E-state index >= 15 is 0 Å². The molecule has 0 unspecified atom stereocenters. The van der Waals surface area contributed by atoms with Crippen molar-refractivity contribution >= 4 is 11.6 Å². The molecule has 0 aliphatic carbocycles. The molecule has 4 heteroatoms. The van der Waals surface area contributed by atoms with E-state index in [1.165, 1.54) is 0 Å². The maximum Gasteiger partial charge on any atom is 0.269 e. The van der Waals surface area contributed by atoms with E-state index in [0.717, 1.165) is 28.1 Å². The van der Waals surface area contributed by atoms with Gasteiger partial charge in [0.25, 0.3) is 5.56 Å². The number of nitrogens with one attached hydrogen (secondary N) is 1. The number of aromatic amines is 1. The van der Waals surface area contributed by atoms with Crippen molar-refractivity contribution in [2.75, 3.05) is 0 Å². The highest BCUT2D eigenvalue weighted by Gasteiger charge is 2.12. The second kappa shape index (κ2) is 6.16. The Kier molecular flexibility index (Phi) is 4.07. The highest BCUT2D eigenvalue weighted by molar-refractivity contribution is 6.17. The van der Waals surface area contributed by atoms with Crippen LogP contribution in [-0.2, 0) is 5.88 Å². The molecule has 0 aliphatic heterocycles. The second-order valence-electron chi connectivity index (χ2n) is 5.07. The molecule has 0 atom stereocenters. The lowest BCUT2D eigenvalue weighted by Gasteiger charge is -2.10. The van der Waals surface area contributed by atoms with Crippen LogP contribution >= 0.6 is 11.6 Å². The summed E-state index contributed by atoms with van der Waals surface area (Å²) in [4.78, 5) is 19.4. The SMILES string of the molecule is Cc1nc(-c2ccc(CCl)cc2)c(-c2ccccc2)[nH]c1=O. The van der Waals surface area contributed by atoms with Crippen molar-refractivity contribution < 1.29 is 0 Å². The van der Waals surface area contributed by atoms with Gasteiger partial charge in [-0.2, -0.15) is 0 Å². The van der Waals surface area contributed by atoms with Gasteiger partial charge >= 0.3 is 0 Å². The predicted molar refractivity (Wildman–Crippen MR) is 90.0 cm³/mol. The number of alkyl halides is 1. The average molecular weight is 311 g/mol. The van der Waals surface area contributed by atoms with E-state index in [0.29, 0.717) is 11.6 Å². The molecule has 0 saturated heterocycles. The van der Waals surface area contributed by atoms with E-state index in [4.69, 9.17) is 11.6 Å². The van der Waals surface area contributed by atoms with Crippen LogP contribution < -0.4 is 5.56 Å². The molecule has 1 heterocycles. The van der Waals surface area contributed by atoms with Crippen LogP contribution in [0.15, 0.2) is 59.4 Å². The number of aryl methyl sites for hydroxylation is 1. The molecular formula is C18H15ClN2O. The fraction of sp³-hybridized carbons (Fsp3) is 0.111. The summed E-state index contributed by atoms with van der Waals surface area (Å²) in [5.74, 6) is 0.476. The topological polar surface area (TPSA) is 45.8 Å². The summed E-state index contributed by atoms with van der Waals surface area (Å²) in [5.41, 5.74) is 4.72. The number of rotatable bonds is 3. The fourth-order valence-electron chi connectivity index (χ4n) is 2.31. The zero-order chi connectivity index (χ0) is 15.5. The van der Waals surface area contributed by atoms with Gasteiger partial charge in [0.15, 0.2) is 0 Å². The first-order valence-corrected chi connectivity index (χ1v) is 7.54. The van der Waals surface area contributed by atoms with Gasteiger partial charge in [-0.05, 0) is 12.5 Å². The maximum absolute atomic E-state index is 12.0. The molecule has 2 aromatic carbocycles. The minimum Gasteiger partial charge on any atom is -0.319 e. The van der Waals surface area contributed by atoms with Crippen LogP contribution in [0, 0.1) is 6.92 Å². The van der Waals surface area contributed by atoms with Gasteiger partial charge in [-0.1, -0.05) is 54.6 Å². The van der Waals surface area contributed by atoms with E-state index < -0.39 is 0 Å². The summed E-state index contributed by atoms with van der Waals surface area (Å²) in [6.07, 6.45) is 0. The second-order valence-corrected chi connectivity index (χ2v) is 5.34. The van der Waals surface area contributed by atoms with Crippen molar-refractivity contribution in [2.24, 2.45) is 0 Å². The minimum atomic E-state index is -0.167. The maximum atomic E-state index is 12.0. The molecule has 1 N–H and O–H groups in total. The molecule has 0 saturated carbocycles. The molecule has 3 nitrogen and oxygen atoms in total. The largest absolute Gasteiger partial charge is 0.319 e. The van der Waals surface area contributed by atoms with Crippen LogP contribution in [0.4, 0.5) is 0 Å². The molecule has 1 aromatic heterocycles. The Morgan fingerprint density at radius 3 is 2.32 bits per heavy atom. The third-order valence-corrected chi connectivity index (χ3v) is 3.84. The number of nitrogens with zero attached hydrogens (tertiary/aromatic N) is 1. The van der Waals surface area contributed by atoms with E-state index in [1.807, 2.05) is 54.6 Å². The molecule has 0 fully saturated rings. The lowest BCUT2D eigenvalue weighted by molar-refractivity contribution is 1.07. The third kappa shape index (κ3) is 2.81. The normalized spacial score (nSPS) is 10.6. The highest BCUT2D eigenvalue weighted by Crippen LogP contribution is 2.28. The third-order valence-electron chi connectivity index (χ3n) is 3.53. The zero-order valence-electron chi connectivity index (χ0n) is 12.1. The Morgan fingerprint density at radius 1 is 1.00 bits per heavy atom. The Morgan fingerprint density at radius 2 is 1.68 bits per heavy atom. The van der Waals surface area contributed by atoms with E-state index in [2.05, 4.69) is 9.97 Å². The van der Waals surface area contributed by atoms with Crippen molar-refractivity contribution in [3.8, 4) is 22.5 Å². The molecule has 0 bridgehead atoms. The molecule has 0 spiro atoms. The molecule has 0 amide bonds. The van der Waals surface area contributed by atoms with Gasteiger partial charge in [-0.15, -0.1) is 11.6 Å². The van der Waals surface area contributed by atoms with Crippen molar-refractivity contribution in [1.82, 2.24) is 9.97 Å². The number of benzene rings is 2. The Hall–Kier alpha value is -2.39. The van der Waals surface area contributed by atoms with E-state index in [1.54, 1.807) is 6.92 Å². The molecule has 0 radical (unpaired) electrons. The lowest BCUT2D eigenvalue weighted by atomic mass is 10.0. The van der Waals surface area contributed by atoms with Crippen LogP contribution in [-0.4, -0.2) is 9.97 Å². The molecule has 22 heavy (non-hydrogen) atoms. The summed E-state index contributed by atoms with van der Waals surface area (Å²) in [7, 11) is 0. The minimum absolute atomic E-state index is 0.167. The number of H-pyrrole nitrogens is 1. The highest BCUT2D eigenvalue weighted by atomic mass is 35.5. The van der Waals surface area contributed by atoms with E-state index in [9.17, 15) is 4.79 Å². The number of halogens is 1. The lowest BCUT2D eigenvalue weighted by Crippen LogP contribution is -2.14. The smallest absolute Gasteiger partial charge is 0.269 e. The van der Waals surface area contributed by atoms with Crippen molar-refractivity contribution in [3.05, 3.63) is 76.2 Å². The van der Waals surface area contributed by atoms with Crippen LogP contribution in [0.3, 0.4) is 0 Å². The molecular weight excluding hydrogens is 296 g/mol. The van der Waals surface area contributed by atoms with Crippen molar-refractivity contribution in [3.63, 3.8) is 0 Å². The summed E-state index contributed by atoms with van der Waals surface area (Å²) in [5, 5.41) is 0. The van der Waals surface area contributed by atoms with Gasteiger partial charge in [0.2, 0.25) is 0 Å². The summed E-state index contributed by atoms with van der Waals surface area (Å²) >= 11 is 5.84. The van der Waals surface area contributed by atoms with Crippen LogP contribution in [0.25, 0.3) is 22.5 Å². The fourth-order valence-corrected chi connectivity index (χ4v) is 2.49. The van der Waals surface area contributed by atoms with Crippen LogP contribution in [0.1, 0.15) is 11.3 Å². The molecule has 110 valence electrons. The summed E-state index contributed by atoms with van der Waals surface area (Å²) in [6, 6.07) is 17.6. The van der Waals surface area contributed by atoms with Crippen LogP contribution in [0.5, 0.6) is 0 Å². The quantitative estimate of drug-likeness (QED) is 0.739. The van der Waals surface area contributed by atoms with Gasteiger partial charge < -0.3 is 4.98 Å². The molecule has 0 aliphatic rings. The monoisotopic (exact) mass is 310 g/mol. The Labute approximate surface area is 133 Å². The number of aromatic nitrogens is 2. The van der Waals surface area contributed by atoms with Gasteiger partial charge in [-0.25, -0.2) is 4.98 Å². The first-order chi connectivity index (χ1) is 10.7. The van der Waals surface area contributed by atoms with Gasteiger partial charge in [0, 0.05) is 17.0 Å². The first-order valence-electron chi connectivity index (χ1n) is 7.00. The average Bonchev–Trinajstić information content (AvgIpc) is 2.58. The standard InChI is InChI=1S/C18H15ClN2O/c1-12-18(22)21-17(14-5-3-2-4-6-14)16(20-12)15-9-7-13(11-19)8-10-15/h2-10H,11H2,1H3,(H,21,22). The zero-order valence-corrected chi connectivity index (χ0v) is 12.9. The van der Waals surface area contributed by atoms with Gasteiger partial charge in [0.05, 0.1) is 11.4 Å². The Bertz CT molecular complexity index is 839.